The Hall–Kier alpha value is -2.29. The van der Waals surface area contributed by atoms with Gasteiger partial charge in [-0.1, -0.05) is 30.3 Å². The summed E-state index contributed by atoms with van der Waals surface area (Å²) in [7, 11) is 0. The summed E-state index contributed by atoms with van der Waals surface area (Å²) in [5, 5.41) is 3.11. The Labute approximate surface area is 118 Å². The summed E-state index contributed by atoms with van der Waals surface area (Å²) >= 11 is 0. The summed E-state index contributed by atoms with van der Waals surface area (Å²) in [6, 6.07) is 15.8. The maximum Gasteiger partial charge on any atom is 0.251 e. The molecule has 0 spiro atoms. The lowest BCUT2D eigenvalue weighted by Crippen LogP contribution is -2.38. The van der Waals surface area contributed by atoms with Gasteiger partial charge in [0.2, 0.25) is 0 Å². The van der Waals surface area contributed by atoms with Crippen molar-refractivity contribution in [3.63, 3.8) is 0 Å². The lowest BCUT2D eigenvalue weighted by molar-refractivity contribution is 0.0933. The Morgan fingerprint density at radius 3 is 2.70 bits per heavy atom. The van der Waals surface area contributed by atoms with Crippen LogP contribution in [0.2, 0.25) is 0 Å². The molecule has 1 unspecified atom stereocenters. The van der Waals surface area contributed by atoms with Crippen LogP contribution in [0.25, 0.3) is 0 Å². The van der Waals surface area contributed by atoms with E-state index in [1.807, 2.05) is 0 Å². The third-order valence-corrected chi connectivity index (χ3v) is 3.83. The van der Waals surface area contributed by atoms with E-state index in [2.05, 4.69) is 29.6 Å². The predicted octanol–water partition coefficient (Wildman–Crippen LogP) is 2.56. The fourth-order valence-electron chi connectivity index (χ4n) is 2.77. The summed E-state index contributed by atoms with van der Waals surface area (Å²) in [6.07, 6.45) is 2.92. The first-order chi connectivity index (χ1) is 9.72. The number of carbonyl (C=O) groups is 1. The van der Waals surface area contributed by atoms with Gasteiger partial charge in [-0.05, 0) is 48.6 Å². The third-order valence-electron chi connectivity index (χ3n) is 3.83. The van der Waals surface area contributed by atoms with Crippen molar-refractivity contribution in [1.29, 1.82) is 0 Å². The number of amides is 1. The number of fused-ring (bicyclic) bond motifs is 1. The highest BCUT2D eigenvalue weighted by Crippen LogP contribution is 2.21. The van der Waals surface area contributed by atoms with Crippen LogP contribution in [0.1, 0.15) is 27.9 Å². The largest absolute Gasteiger partial charge is 0.399 e. The number of nitrogen functional groups attached to an aromatic ring is 1. The number of nitrogens with one attached hydrogen (secondary N) is 1. The molecule has 1 aliphatic rings. The molecule has 0 bridgehead atoms. The molecular weight excluding hydrogens is 248 g/mol. The molecule has 1 atom stereocenters. The van der Waals surface area contributed by atoms with Crippen LogP contribution in [0.5, 0.6) is 0 Å². The number of nitrogens with two attached hydrogens (primary N) is 1. The van der Waals surface area contributed by atoms with Crippen molar-refractivity contribution < 1.29 is 4.79 Å². The fourth-order valence-corrected chi connectivity index (χ4v) is 2.77. The summed E-state index contributed by atoms with van der Waals surface area (Å²) < 4.78 is 0. The summed E-state index contributed by atoms with van der Waals surface area (Å²) in [4.78, 5) is 12.2. The molecule has 0 heterocycles. The first kappa shape index (κ1) is 12.7. The van der Waals surface area contributed by atoms with E-state index in [0.29, 0.717) is 11.3 Å². The minimum absolute atomic E-state index is 0.0401. The smallest absolute Gasteiger partial charge is 0.251 e. The Balaban J connectivity index is 1.69. The average molecular weight is 266 g/mol. The second kappa shape index (κ2) is 5.37. The van der Waals surface area contributed by atoms with Crippen LogP contribution in [0, 0.1) is 0 Å². The van der Waals surface area contributed by atoms with Crippen LogP contribution in [0.3, 0.4) is 0 Å². The van der Waals surface area contributed by atoms with Crippen LogP contribution < -0.4 is 11.1 Å². The Morgan fingerprint density at radius 1 is 1.10 bits per heavy atom. The van der Waals surface area contributed by atoms with Gasteiger partial charge < -0.3 is 11.1 Å². The first-order valence-electron chi connectivity index (χ1n) is 6.95. The van der Waals surface area contributed by atoms with Gasteiger partial charge in [-0.25, -0.2) is 0 Å². The fraction of sp³-hybridized carbons (Fsp3) is 0.235. The molecule has 0 fully saturated rings. The topological polar surface area (TPSA) is 55.1 Å². The summed E-state index contributed by atoms with van der Waals surface area (Å²) in [5.74, 6) is -0.0401. The molecule has 3 N–H and O–H groups in total. The van der Waals surface area contributed by atoms with E-state index < -0.39 is 0 Å². The summed E-state index contributed by atoms with van der Waals surface area (Å²) in [5.41, 5.74) is 9.71. The van der Waals surface area contributed by atoms with Gasteiger partial charge in [0.05, 0.1) is 0 Å². The quantitative estimate of drug-likeness (QED) is 0.821. The zero-order valence-corrected chi connectivity index (χ0v) is 11.3. The van der Waals surface area contributed by atoms with E-state index in [1.54, 1.807) is 24.3 Å². The first-order valence-corrected chi connectivity index (χ1v) is 6.95. The Bertz CT molecular complexity index is 636. The monoisotopic (exact) mass is 266 g/mol. The van der Waals surface area contributed by atoms with Gasteiger partial charge in [-0.15, -0.1) is 0 Å². The van der Waals surface area contributed by atoms with Crippen LogP contribution in [-0.2, 0) is 12.8 Å². The highest BCUT2D eigenvalue weighted by molar-refractivity contribution is 5.95. The lowest BCUT2D eigenvalue weighted by Gasteiger charge is -2.25. The predicted molar refractivity (Wildman–Crippen MR) is 80.6 cm³/mol. The molecule has 3 nitrogen and oxygen atoms in total. The van der Waals surface area contributed by atoms with E-state index in [9.17, 15) is 4.79 Å². The Kier molecular flexibility index (Phi) is 3.42. The molecule has 0 saturated heterocycles. The van der Waals surface area contributed by atoms with Crippen molar-refractivity contribution in [2.45, 2.75) is 25.3 Å². The van der Waals surface area contributed by atoms with Crippen molar-refractivity contribution in [3.8, 4) is 0 Å². The van der Waals surface area contributed by atoms with Crippen molar-refractivity contribution in [2.24, 2.45) is 0 Å². The van der Waals surface area contributed by atoms with Gasteiger partial charge in [0.1, 0.15) is 0 Å². The number of aryl methyl sites for hydroxylation is 1. The molecule has 2 aromatic carbocycles. The molecule has 102 valence electrons. The molecule has 3 heteroatoms. The lowest BCUT2D eigenvalue weighted by atomic mass is 9.88. The molecule has 1 aliphatic carbocycles. The molecule has 2 aromatic rings. The van der Waals surface area contributed by atoms with E-state index in [1.165, 1.54) is 11.1 Å². The van der Waals surface area contributed by atoms with Crippen molar-refractivity contribution in [1.82, 2.24) is 5.32 Å². The van der Waals surface area contributed by atoms with Gasteiger partial charge >= 0.3 is 0 Å². The molecule has 3 rings (SSSR count). The minimum atomic E-state index is -0.0401. The number of hydrogen-bond donors (Lipinski definition) is 2. The zero-order valence-electron chi connectivity index (χ0n) is 11.3. The number of anilines is 1. The normalized spacial score (nSPS) is 17.3. The van der Waals surface area contributed by atoms with E-state index in [4.69, 9.17) is 5.73 Å². The number of rotatable bonds is 2. The maximum absolute atomic E-state index is 12.2. The second-order valence-corrected chi connectivity index (χ2v) is 5.31. The van der Waals surface area contributed by atoms with Crippen LogP contribution in [-0.4, -0.2) is 11.9 Å². The molecule has 0 radical (unpaired) electrons. The second-order valence-electron chi connectivity index (χ2n) is 5.31. The SMILES string of the molecule is Nc1cccc(C(=O)NC2CCc3ccccc3C2)c1. The van der Waals surface area contributed by atoms with E-state index in [0.717, 1.165) is 19.3 Å². The standard InChI is InChI=1S/C17H18N2O/c18-15-7-3-6-14(10-15)17(20)19-16-9-8-12-4-1-2-5-13(12)11-16/h1-7,10,16H,8-9,11,18H2,(H,19,20). The number of benzene rings is 2. The van der Waals surface area contributed by atoms with Crippen molar-refractivity contribution in [3.05, 3.63) is 65.2 Å². The van der Waals surface area contributed by atoms with E-state index >= 15 is 0 Å². The van der Waals surface area contributed by atoms with E-state index in [-0.39, 0.29) is 11.9 Å². The highest BCUT2D eigenvalue weighted by atomic mass is 16.1. The highest BCUT2D eigenvalue weighted by Gasteiger charge is 2.20. The molecule has 20 heavy (non-hydrogen) atoms. The van der Waals surface area contributed by atoms with Crippen molar-refractivity contribution >= 4 is 11.6 Å². The molecule has 0 aromatic heterocycles. The minimum Gasteiger partial charge on any atom is -0.399 e. The van der Waals surface area contributed by atoms with Gasteiger partial charge in [0.15, 0.2) is 0 Å². The van der Waals surface area contributed by atoms with Crippen molar-refractivity contribution in [2.75, 3.05) is 5.73 Å². The molecular formula is C17H18N2O. The molecule has 1 amide bonds. The van der Waals surface area contributed by atoms with Gasteiger partial charge in [0, 0.05) is 17.3 Å². The molecule has 0 saturated carbocycles. The number of hydrogen-bond acceptors (Lipinski definition) is 2. The van der Waals surface area contributed by atoms with Crippen LogP contribution in [0.15, 0.2) is 48.5 Å². The Morgan fingerprint density at radius 2 is 1.90 bits per heavy atom. The average Bonchev–Trinajstić information content (AvgIpc) is 2.47. The zero-order chi connectivity index (χ0) is 13.9. The molecule has 0 aliphatic heterocycles. The third kappa shape index (κ3) is 2.67. The van der Waals surface area contributed by atoms with Crippen LogP contribution >= 0.6 is 0 Å². The van der Waals surface area contributed by atoms with Gasteiger partial charge in [-0.3, -0.25) is 4.79 Å². The number of carbonyl (C=O) groups excluding carboxylic acids is 1. The summed E-state index contributed by atoms with van der Waals surface area (Å²) in [6.45, 7) is 0. The van der Waals surface area contributed by atoms with Gasteiger partial charge in [-0.2, -0.15) is 0 Å². The maximum atomic E-state index is 12.2. The van der Waals surface area contributed by atoms with Crippen LogP contribution in [0.4, 0.5) is 5.69 Å². The van der Waals surface area contributed by atoms with Gasteiger partial charge in [0.25, 0.3) is 5.91 Å².